The first-order valence-electron chi connectivity index (χ1n) is 7.33. The van der Waals surface area contributed by atoms with Crippen molar-refractivity contribution in [3.63, 3.8) is 0 Å². The van der Waals surface area contributed by atoms with Crippen molar-refractivity contribution in [1.82, 2.24) is 10.3 Å². The first kappa shape index (κ1) is 16.8. The molecule has 0 bridgehead atoms. The third-order valence-electron chi connectivity index (χ3n) is 3.24. The number of rotatable bonds is 8. The lowest BCUT2D eigenvalue weighted by molar-refractivity contribution is 0.0932. The minimum Gasteiger partial charge on any atom is -0.497 e. The first-order valence-corrected chi connectivity index (χ1v) is 7.33. The van der Waals surface area contributed by atoms with Gasteiger partial charge in [0, 0.05) is 32.1 Å². The predicted octanol–water partition coefficient (Wildman–Crippen LogP) is 2.08. The molecule has 0 saturated heterocycles. The molecule has 0 atom stereocenters. The van der Waals surface area contributed by atoms with E-state index in [1.165, 1.54) is 0 Å². The number of hydrogen-bond acceptors (Lipinski definition) is 5. The van der Waals surface area contributed by atoms with Gasteiger partial charge < -0.3 is 20.1 Å². The van der Waals surface area contributed by atoms with Crippen LogP contribution in [0.2, 0.25) is 0 Å². The Morgan fingerprint density at radius 3 is 2.65 bits per heavy atom. The summed E-state index contributed by atoms with van der Waals surface area (Å²) in [5, 5.41) is 6.02. The second-order valence-corrected chi connectivity index (χ2v) is 4.88. The molecule has 1 aromatic heterocycles. The smallest absolute Gasteiger partial charge is 0.270 e. The summed E-state index contributed by atoms with van der Waals surface area (Å²) >= 11 is 0. The van der Waals surface area contributed by atoms with Crippen LogP contribution in [-0.4, -0.2) is 38.3 Å². The second kappa shape index (κ2) is 8.75. The number of pyridine rings is 1. The molecule has 0 aliphatic heterocycles. The molecule has 0 spiro atoms. The molecule has 23 heavy (non-hydrogen) atoms. The topological polar surface area (TPSA) is 72.5 Å². The van der Waals surface area contributed by atoms with E-state index in [4.69, 9.17) is 9.47 Å². The fourth-order valence-corrected chi connectivity index (χ4v) is 1.97. The normalized spacial score (nSPS) is 10.2. The fourth-order valence-electron chi connectivity index (χ4n) is 1.97. The molecule has 1 amide bonds. The zero-order valence-corrected chi connectivity index (χ0v) is 13.3. The second-order valence-electron chi connectivity index (χ2n) is 4.88. The summed E-state index contributed by atoms with van der Waals surface area (Å²) in [4.78, 5) is 16.0. The standard InChI is InChI=1S/C17H21N3O3/c1-22-10-9-19-17(21)16-11-14(7-8-18-16)20-12-13-3-5-15(23-2)6-4-13/h3-8,11H,9-10,12H2,1-2H3,(H,18,20)(H,19,21). The minimum atomic E-state index is -0.213. The van der Waals surface area contributed by atoms with E-state index in [2.05, 4.69) is 15.6 Å². The van der Waals surface area contributed by atoms with E-state index in [-0.39, 0.29) is 5.91 Å². The number of methoxy groups -OCH3 is 2. The van der Waals surface area contributed by atoms with Gasteiger partial charge in [-0.25, -0.2) is 0 Å². The van der Waals surface area contributed by atoms with Crippen LogP contribution in [0.5, 0.6) is 5.75 Å². The third-order valence-corrected chi connectivity index (χ3v) is 3.24. The van der Waals surface area contributed by atoms with Crippen LogP contribution in [0.4, 0.5) is 5.69 Å². The molecule has 6 heteroatoms. The van der Waals surface area contributed by atoms with Crippen LogP contribution in [0.25, 0.3) is 0 Å². The van der Waals surface area contributed by atoms with Gasteiger partial charge in [0.15, 0.2) is 0 Å². The summed E-state index contributed by atoms with van der Waals surface area (Å²) < 4.78 is 10.0. The highest BCUT2D eigenvalue weighted by Gasteiger charge is 2.07. The number of nitrogens with zero attached hydrogens (tertiary/aromatic N) is 1. The van der Waals surface area contributed by atoms with Crippen molar-refractivity contribution in [2.24, 2.45) is 0 Å². The van der Waals surface area contributed by atoms with E-state index in [0.29, 0.717) is 25.4 Å². The Bertz CT molecular complexity index is 629. The summed E-state index contributed by atoms with van der Waals surface area (Å²) in [5.74, 6) is 0.614. The lowest BCUT2D eigenvalue weighted by Crippen LogP contribution is -2.27. The monoisotopic (exact) mass is 315 g/mol. The summed E-state index contributed by atoms with van der Waals surface area (Å²) in [6.45, 7) is 1.58. The van der Waals surface area contributed by atoms with Gasteiger partial charge in [0.2, 0.25) is 0 Å². The van der Waals surface area contributed by atoms with Gasteiger partial charge >= 0.3 is 0 Å². The lowest BCUT2D eigenvalue weighted by Gasteiger charge is -2.09. The van der Waals surface area contributed by atoms with E-state index in [1.807, 2.05) is 30.3 Å². The highest BCUT2D eigenvalue weighted by molar-refractivity contribution is 5.93. The van der Waals surface area contributed by atoms with Crippen molar-refractivity contribution in [3.05, 3.63) is 53.9 Å². The SMILES string of the molecule is COCCNC(=O)c1cc(NCc2ccc(OC)cc2)ccn1. The Morgan fingerprint density at radius 2 is 1.96 bits per heavy atom. The predicted molar refractivity (Wildman–Crippen MR) is 88.8 cm³/mol. The van der Waals surface area contributed by atoms with Crippen LogP contribution in [0.1, 0.15) is 16.1 Å². The molecule has 122 valence electrons. The Morgan fingerprint density at radius 1 is 1.17 bits per heavy atom. The van der Waals surface area contributed by atoms with Gasteiger partial charge in [-0.2, -0.15) is 0 Å². The number of carbonyl (C=O) groups excluding carboxylic acids is 1. The molecule has 1 heterocycles. The molecule has 0 aliphatic carbocycles. The van der Waals surface area contributed by atoms with Crippen LogP contribution < -0.4 is 15.4 Å². The van der Waals surface area contributed by atoms with Crippen LogP contribution >= 0.6 is 0 Å². The van der Waals surface area contributed by atoms with E-state index >= 15 is 0 Å². The van der Waals surface area contributed by atoms with Gasteiger partial charge in [-0.3, -0.25) is 9.78 Å². The van der Waals surface area contributed by atoms with Gasteiger partial charge in [-0.15, -0.1) is 0 Å². The Kier molecular flexibility index (Phi) is 6.38. The molecule has 0 saturated carbocycles. The van der Waals surface area contributed by atoms with Crippen LogP contribution in [0, 0.1) is 0 Å². The largest absolute Gasteiger partial charge is 0.497 e. The maximum atomic E-state index is 11.9. The van der Waals surface area contributed by atoms with Crippen molar-refractivity contribution in [3.8, 4) is 5.75 Å². The molecule has 2 aromatic rings. The highest BCUT2D eigenvalue weighted by Crippen LogP contribution is 2.14. The molecule has 1 aromatic carbocycles. The summed E-state index contributed by atoms with van der Waals surface area (Å²) in [7, 11) is 3.23. The minimum absolute atomic E-state index is 0.213. The van der Waals surface area contributed by atoms with Gasteiger partial charge in [0.05, 0.1) is 13.7 Å². The highest BCUT2D eigenvalue weighted by atomic mass is 16.5. The Balaban J connectivity index is 1.92. The number of nitrogens with one attached hydrogen (secondary N) is 2. The fraction of sp³-hybridized carbons (Fsp3) is 0.294. The first-order chi connectivity index (χ1) is 11.2. The van der Waals surface area contributed by atoms with Crippen molar-refractivity contribution >= 4 is 11.6 Å². The third kappa shape index (κ3) is 5.27. The summed E-state index contributed by atoms with van der Waals surface area (Å²) in [6, 6.07) is 11.4. The number of anilines is 1. The molecule has 0 fully saturated rings. The Hall–Kier alpha value is -2.60. The van der Waals surface area contributed by atoms with Gasteiger partial charge in [0.25, 0.3) is 5.91 Å². The van der Waals surface area contributed by atoms with Gasteiger partial charge in [0.1, 0.15) is 11.4 Å². The van der Waals surface area contributed by atoms with E-state index in [9.17, 15) is 4.79 Å². The zero-order valence-electron chi connectivity index (χ0n) is 13.3. The number of amides is 1. The number of ether oxygens (including phenoxy) is 2. The molecule has 2 N–H and O–H groups in total. The van der Waals surface area contributed by atoms with E-state index in [0.717, 1.165) is 17.0 Å². The number of benzene rings is 1. The van der Waals surface area contributed by atoms with Crippen molar-refractivity contribution < 1.29 is 14.3 Å². The molecule has 6 nitrogen and oxygen atoms in total. The van der Waals surface area contributed by atoms with Gasteiger partial charge in [-0.1, -0.05) is 12.1 Å². The van der Waals surface area contributed by atoms with Crippen LogP contribution in [0.15, 0.2) is 42.6 Å². The van der Waals surface area contributed by atoms with E-state index in [1.54, 1.807) is 26.5 Å². The molecular formula is C17H21N3O3. The zero-order chi connectivity index (χ0) is 16.5. The molecular weight excluding hydrogens is 294 g/mol. The maximum absolute atomic E-state index is 11.9. The van der Waals surface area contributed by atoms with Crippen molar-refractivity contribution in [1.29, 1.82) is 0 Å². The van der Waals surface area contributed by atoms with Gasteiger partial charge in [-0.05, 0) is 29.8 Å². The lowest BCUT2D eigenvalue weighted by atomic mass is 10.2. The van der Waals surface area contributed by atoms with Crippen molar-refractivity contribution in [2.45, 2.75) is 6.54 Å². The molecule has 0 aliphatic rings. The maximum Gasteiger partial charge on any atom is 0.270 e. The molecule has 0 unspecified atom stereocenters. The molecule has 0 radical (unpaired) electrons. The van der Waals surface area contributed by atoms with E-state index < -0.39 is 0 Å². The number of carbonyl (C=O) groups is 1. The van der Waals surface area contributed by atoms with Crippen LogP contribution in [0.3, 0.4) is 0 Å². The summed E-state index contributed by atoms with van der Waals surface area (Å²) in [6.07, 6.45) is 1.61. The summed E-state index contributed by atoms with van der Waals surface area (Å²) in [5.41, 5.74) is 2.34. The number of hydrogen-bond donors (Lipinski definition) is 2. The molecule has 2 rings (SSSR count). The van der Waals surface area contributed by atoms with Crippen LogP contribution in [-0.2, 0) is 11.3 Å². The number of aromatic nitrogens is 1. The quantitative estimate of drug-likeness (QED) is 0.730. The van der Waals surface area contributed by atoms with Crippen molar-refractivity contribution in [2.75, 3.05) is 32.7 Å². The average molecular weight is 315 g/mol. The average Bonchev–Trinajstić information content (AvgIpc) is 2.61. The Labute approximate surface area is 135 Å².